The maximum Gasteiger partial charge on any atom is 0.204 e. The van der Waals surface area contributed by atoms with Gasteiger partial charge >= 0.3 is 0 Å². The zero-order chi connectivity index (χ0) is 12.5. The molecular formula is C13H17N3S. The number of benzene rings is 1. The quantitative estimate of drug-likeness (QED) is 0.640. The second-order valence-electron chi connectivity index (χ2n) is 5.05. The van der Waals surface area contributed by atoms with Gasteiger partial charge in [-0.2, -0.15) is 5.10 Å². The van der Waals surface area contributed by atoms with Crippen LogP contribution in [0.4, 0.5) is 5.13 Å². The van der Waals surface area contributed by atoms with Crippen molar-refractivity contribution in [3.8, 4) is 0 Å². The van der Waals surface area contributed by atoms with Gasteiger partial charge in [-0.3, -0.25) is 5.43 Å². The van der Waals surface area contributed by atoms with Crippen molar-refractivity contribution in [3.05, 3.63) is 24.3 Å². The summed E-state index contributed by atoms with van der Waals surface area (Å²) < 4.78 is 1.18. The predicted molar refractivity (Wildman–Crippen MR) is 75.8 cm³/mol. The molecule has 3 nitrogen and oxygen atoms in total. The van der Waals surface area contributed by atoms with Gasteiger partial charge < -0.3 is 0 Å². The summed E-state index contributed by atoms with van der Waals surface area (Å²) in [5, 5.41) is 5.22. The van der Waals surface area contributed by atoms with Gasteiger partial charge in [0.2, 0.25) is 5.13 Å². The minimum Gasteiger partial charge on any atom is -0.253 e. The average Bonchev–Trinajstić information content (AvgIpc) is 2.66. The molecule has 1 N–H and O–H groups in total. The Hall–Kier alpha value is -1.42. The van der Waals surface area contributed by atoms with Crippen molar-refractivity contribution in [3.63, 3.8) is 0 Å². The van der Waals surface area contributed by atoms with E-state index in [0.29, 0.717) is 0 Å². The Morgan fingerprint density at radius 3 is 2.65 bits per heavy atom. The molecule has 4 heteroatoms. The van der Waals surface area contributed by atoms with Gasteiger partial charge in [0.15, 0.2) is 0 Å². The van der Waals surface area contributed by atoms with Crippen LogP contribution in [0.2, 0.25) is 0 Å². The van der Waals surface area contributed by atoms with Crippen LogP contribution in [0.15, 0.2) is 29.4 Å². The van der Waals surface area contributed by atoms with E-state index in [4.69, 9.17) is 0 Å². The highest BCUT2D eigenvalue weighted by Crippen LogP contribution is 2.25. The molecule has 1 aromatic heterocycles. The summed E-state index contributed by atoms with van der Waals surface area (Å²) in [6.45, 7) is 8.46. The Morgan fingerprint density at radius 1 is 1.29 bits per heavy atom. The lowest BCUT2D eigenvalue weighted by molar-refractivity contribution is 0.587. The van der Waals surface area contributed by atoms with Crippen molar-refractivity contribution in [1.82, 2.24) is 4.98 Å². The molecule has 0 saturated carbocycles. The molecule has 0 unspecified atom stereocenters. The van der Waals surface area contributed by atoms with E-state index >= 15 is 0 Å². The summed E-state index contributed by atoms with van der Waals surface area (Å²) in [7, 11) is 0. The molecule has 0 aliphatic rings. The van der Waals surface area contributed by atoms with Crippen molar-refractivity contribution in [1.29, 1.82) is 0 Å². The molecule has 17 heavy (non-hydrogen) atoms. The molecular weight excluding hydrogens is 230 g/mol. The van der Waals surface area contributed by atoms with E-state index in [2.05, 4.69) is 42.3 Å². The molecule has 2 rings (SSSR count). The van der Waals surface area contributed by atoms with Gasteiger partial charge in [-0.1, -0.05) is 44.2 Å². The molecule has 0 aliphatic carbocycles. The molecule has 0 bridgehead atoms. The Balaban J connectivity index is 2.19. The topological polar surface area (TPSA) is 37.3 Å². The SMILES string of the molecule is C/C(=N/Nc1nc2ccccc2s1)C(C)(C)C. The van der Waals surface area contributed by atoms with Gasteiger partial charge in [-0.15, -0.1) is 0 Å². The summed E-state index contributed by atoms with van der Waals surface area (Å²) in [5.41, 5.74) is 5.21. The number of rotatable bonds is 2. The van der Waals surface area contributed by atoms with Crippen LogP contribution in [0, 0.1) is 5.41 Å². The van der Waals surface area contributed by atoms with Gasteiger partial charge in [-0.25, -0.2) is 4.98 Å². The number of para-hydroxylation sites is 1. The molecule has 0 radical (unpaired) electrons. The fourth-order valence-electron chi connectivity index (χ4n) is 1.22. The predicted octanol–water partition coefficient (Wildman–Crippen LogP) is 4.13. The Morgan fingerprint density at radius 2 is 2.00 bits per heavy atom. The Bertz CT molecular complexity index is 516. The number of anilines is 1. The van der Waals surface area contributed by atoms with Gasteiger partial charge in [0, 0.05) is 11.1 Å². The highest BCUT2D eigenvalue weighted by Gasteiger charge is 2.14. The van der Waals surface area contributed by atoms with Gasteiger partial charge in [-0.05, 0) is 19.1 Å². The minimum atomic E-state index is 0.0870. The third kappa shape index (κ3) is 2.82. The van der Waals surface area contributed by atoms with E-state index in [1.54, 1.807) is 11.3 Å². The number of nitrogens with zero attached hydrogens (tertiary/aromatic N) is 2. The zero-order valence-electron chi connectivity index (χ0n) is 10.6. The first-order valence-corrected chi connectivity index (χ1v) is 6.45. The van der Waals surface area contributed by atoms with Crippen molar-refractivity contribution in [2.75, 3.05) is 5.43 Å². The molecule has 1 aromatic carbocycles. The van der Waals surface area contributed by atoms with Gasteiger partial charge in [0.1, 0.15) is 0 Å². The lowest BCUT2D eigenvalue weighted by Crippen LogP contribution is -2.18. The maximum absolute atomic E-state index is 4.47. The first kappa shape index (κ1) is 12.0. The molecule has 2 aromatic rings. The second kappa shape index (κ2) is 4.45. The number of thiazole rings is 1. The standard InChI is InChI=1S/C13H17N3S/c1-9(13(2,3)4)15-16-12-14-10-7-5-6-8-11(10)17-12/h5-8H,1-4H3,(H,14,16)/b15-9-. The highest BCUT2D eigenvalue weighted by molar-refractivity contribution is 7.22. The maximum atomic E-state index is 4.47. The van der Waals surface area contributed by atoms with Crippen molar-refractivity contribution < 1.29 is 0 Å². The first-order chi connectivity index (χ1) is 7.97. The van der Waals surface area contributed by atoms with Gasteiger partial charge in [0.05, 0.1) is 10.2 Å². The summed E-state index contributed by atoms with van der Waals surface area (Å²) in [4.78, 5) is 4.47. The molecule has 0 amide bonds. The fourth-order valence-corrected chi connectivity index (χ4v) is 2.03. The minimum absolute atomic E-state index is 0.0870. The molecule has 0 fully saturated rings. The van der Waals surface area contributed by atoms with Crippen LogP contribution in [-0.2, 0) is 0 Å². The summed E-state index contributed by atoms with van der Waals surface area (Å²) in [5.74, 6) is 0. The normalized spacial score (nSPS) is 13.1. The van der Waals surface area contributed by atoms with E-state index in [9.17, 15) is 0 Å². The number of hydrogen-bond acceptors (Lipinski definition) is 4. The van der Waals surface area contributed by atoms with E-state index < -0.39 is 0 Å². The lowest BCUT2D eigenvalue weighted by Gasteiger charge is -2.17. The summed E-state index contributed by atoms with van der Waals surface area (Å²) in [6, 6.07) is 8.10. The Kier molecular flexibility index (Phi) is 3.15. The van der Waals surface area contributed by atoms with Crippen molar-refractivity contribution >= 4 is 32.4 Å². The van der Waals surface area contributed by atoms with Crippen LogP contribution >= 0.6 is 11.3 Å². The number of nitrogens with one attached hydrogen (secondary N) is 1. The van der Waals surface area contributed by atoms with Crippen LogP contribution in [0.25, 0.3) is 10.2 Å². The van der Waals surface area contributed by atoms with E-state index in [-0.39, 0.29) is 5.41 Å². The van der Waals surface area contributed by atoms with Gasteiger partial charge in [0.25, 0.3) is 0 Å². The third-order valence-electron chi connectivity index (χ3n) is 2.70. The lowest BCUT2D eigenvalue weighted by atomic mass is 9.91. The first-order valence-electron chi connectivity index (χ1n) is 5.63. The smallest absolute Gasteiger partial charge is 0.204 e. The van der Waals surface area contributed by atoms with Crippen LogP contribution < -0.4 is 5.43 Å². The molecule has 0 saturated heterocycles. The monoisotopic (exact) mass is 247 g/mol. The summed E-state index contributed by atoms with van der Waals surface area (Å²) >= 11 is 1.62. The highest BCUT2D eigenvalue weighted by atomic mass is 32.1. The molecule has 0 atom stereocenters. The summed E-state index contributed by atoms with van der Waals surface area (Å²) in [6.07, 6.45) is 0. The largest absolute Gasteiger partial charge is 0.253 e. The van der Waals surface area contributed by atoms with Crippen LogP contribution in [0.5, 0.6) is 0 Å². The number of hydrazone groups is 1. The van der Waals surface area contributed by atoms with E-state index in [1.165, 1.54) is 4.70 Å². The number of fused-ring (bicyclic) bond motifs is 1. The van der Waals surface area contributed by atoms with E-state index in [1.807, 2.05) is 25.1 Å². The van der Waals surface area contributed by atoms with E-state index in [0.717, 1.165) is 16.4 Å². The Labute approximate surface area is 106 Å². The third-order valence-corrected chi connectivity index (χ3v) is 3.64. The molecule has 1 heterocycles. The molecule has 0 aliphatic heterocycles. The average molecular weight is 247 g/mol. The molecule has 90 valence electrons. The zero-order valence-corrected chi connectivity index (χ0v) is 11.4. The number of hydrogen-bond donors (Lipinski definition) is 1. The second-order valence-corrected chi connectivity index (χ2v) is 6.08. The fraction of sp³-hybridized carbons (Fsp3) is 0.385. The van der Waals surface area contributed by atoms with Crippen molar-refractivity contribution in [2.45, 2.75) is 27.7 Å². The number of aromatic nitrogens is 1. The van der Waals surface area contributed by atoms with Crippen LogP contribution in [0.1, 0.15) is 27.7 Å². The van der Waals surface area contributed by atoms with Crippen LogP contribution in [-0.4, -0.2) is 10.7 Å². The molecule has 0 spiro atoms. The van der Waals surface area contributed by atoms with Crippen LogP contribution in [0.3, 0.4) is 0 Å². The van der Waals surface area contributed by atoms with Crippen molar-refractivity contribution in [2.24, 2.45) is 10.5 Å².